The Bertz CT molecular complexity index is 876. The Kier molecular flexibility index (Phi) is 3.51. The number of aromatic amines is 1. The van der Waals surface area contributed by atoms with Gasteiger partial charge in [-0.3, -0.25) is 0 Å². The van der Waals surface area contributed by atoms with Gasteiger partial charge in [0.15, 0.2) is 4.77 Å². The molecule has 2 aromatic carbocycles. The molecule has 2 nitrogen and oxygen atoms in total. The van der Waals surface area contributed by atoms with Crippen LogP contribution in [0.1, 0.15) is 11.1 Å². The van der Waals surface area contributed by atoms with Crippen molar-refractivity contribution in [2.45, 2.75) is 13.5 Å². The first kappa shape index (κ1) is 13.2. The van der Waals surface area contributed by atoms with Crippen LogP contribution >= 0.6 is 24.4 Å². The van der Waals surface area contributed by atoms with Gasteiger partial charge in [-0.2, -0.15) is 0 Å². The first-order chi connectivity index (χ1) is 9.66. The molecule has 0 atom stereocenters. The number of benzene rings is 2. The topological polar surface area (TPSA) is 20.7 Å². The van der Waals surface area contributed by atoms with Gasteiger partial charge < -0.3 is 9.55 Å². The molecule has 0 aliphatic rings. The summed E-state index contributed by atoms with van der Waals surface area (Å²) in [6, 6.07) is 16.3. The van der Waals surface area contributed by atoms with Crippen molar-refractivity contribution in [3.8, 4) is 0 Å². The van der Waals surface area contributed by atoms with E-state index >= 15 is 0 Å². The molecule has 0 bridgehead atoms. The molecule has 20 heavy (non-hydrogen) atoms. The van der Waals surface area contributed by atoms with Crippen molar-refractivity contribution < 1.29 is 0 Å². The van der Waals surface area contributed by atoms with E-state index < -0.39 is 0 Å². The van der Waals surface area contributed by atoms with Crippen LogP contribution in [0, 0.1) is 16.3 Å². The molecule has 0 saturated heterocycles. The van der Waals surface area contributed by atoms with Gasteiger partial charge in [-0.15, -0.1) is 0 Å². The SMILES string of the molecule is Cc1cccc2[nH]c(=S)n(Cc3ccccc3)c(=S)c12. The normalized spacial score (nSPS) is 10.8. The van der Waals surface area contributed by atoms with E-state index in [1.165, 1.54) is 11.1 Å². The third-order valence-electron chi connectivity index (χ3n) is 3.40. The highest BCUT2D eigenvalue weighted by atomic mass is 32.1. The Hall–Kier alpha value is -1.78. The third kappa shape index (κ3) is 2.32. The van der Waals surface area contributed by atoms with Gasteiger partial charge in [-0.25, -0.2) is 0 Å². The van der Waals surface area contributed by atoms with Crippen molar-refractivity contribution in [1.82, 2.24) is 9.55 Å². The minimum Gasteiger partial charge on any atom is -0.332 e. The fourth-order valence-electron chi connectivity index (χ4n) is 2.38. The zero-order chi connectivity index (χ0) is 14.1. The van der Waals surface area contributed by atoms with Crippen LogP contribution in [0.25, 0.3) is 10.9 Å². The van der Waals surface area contributed by atoms with Crippen LogP contribution < -0.4 is 0 Å². The van der Waals surface area contributed by atoms with Gasteiger partial charge in [0.05, 0.1) is 12.1 Å². The van der Waals surface area contributed by atoms with Crippen LogP contribution in [-0.2, 0) is 6.54 Å². The van der Waals surface area contributed by atoms with Crippen molar-refractivity contribution >= 4 is 35.3 Å². The lowest BCUT2D eigenvalue weighted by atomic mass is 10.1. The summed E-state index contributed by atoms with van der Waals surface area (Å²) < 4.78 is 3.44. The number of H-pyrrole nitrogens is 1. The van der Waals surface area contributed by atoms with E-state index in [-0.39, 0.29) is 0 Å². The highest BCUT2D eigenvalue weighted by Gasteiger charge is 2.05. The van der Waals surface area contributed by atoms with Crippen molar-refractivity contribution in [1.29, 1.82) is 0 Å². The zero-order valence-corrected chi connectivity index (χ0v) is 12.7. The highest BCUT2D eigenvalue weighted by molar-refractivity contribution is 7.72. The van der Waals surface area contributed by atoms with E-state index in [9.17, 15) is 0 Å². The van der Waals surface area contributed by atoms with Crippen molar-refractivity contribution in [2.24, 2.45) is 0 Å². The molecular formula is C16H14N2S2. The Labute approximate surface area is 127 Å². The van der Waals surface area contributed by atoms with E-state index in [1.807, 2.05) is 34.9 Å². The van der Waals surface area contributed by atoms with Crippen molar-refractivity contribution in [3.05, 3.63) is 69.1 Å². The zero-order valence-electron chi connectivity index (χ0n) is 11.1. The fraction of sp³-hybridized carbons (Fsp3) is 0.125. The maximum Gasteiger partial charge on any atom is 0.178 e. The third-order valence-corrected chi connectivity index (χ3v) is 4.15. The van der Waals surface area contributed by atoms with Crippen molar-refractivity contribution in [3.63, 3.8) is 0 Å². The first-order valence-electron chi connectivity index (χ1n) is 6.43. The molecule has 0 spiro atoms. The van der Waals surface area contributed by atoms with Crippen LogP contribution in [0.4, 0.5) is 0 Å². The molecule has 0 unspecified atom stereocenters. The number of nitrogens with one attached hydrogen (secondary N) is 1. The lowest BCUT2D eigenvalue weighted by Gasteiger charge is -2.11. The quantitative estimate of drug-likeness (QED) is 0.687. The Morgan fingerprint density at radius 2 is 1.75 bits per heavy atom. The number of hydrogen-bond donors (Lipinski definition) is 1. The molecule has 0 amide bonds. The minimum atomic E-state index is 0.664. The molecule has 3 aromatic rings. The summed E-state index contributed by atoms with van der Waals surface area (Å²) in [6.45, 7) is 2.77. The molecule has 3 rings (SSSR count). The second kappa shape index (κ2) is 5.31. The molecule has 1 heterocycles. The minimum absolute atomic E-state index is 0.664. The number of rotatable bonds is 2. The maximum absolute atomic E-state index is 5.64. The Balaban J connectivity index is 2.24. The lowest BCUT2D eigenvalue weighted by molar-refractivity contribution is 0.751. The van der Waals surface area contributed by atoms with Gasteiger partial charge >= 0.3 is 0 Å². The summed E-state index contributed by atoms with van der Waals surface area (Å²) in [4.78, 5) is 3.27. The standard InChI is InChI=1S/C16H14N2S2/c1-11-6-5-9-13-14(11)15(19)18(16(20)17-13)10-12-7-3-2-4-8-12/h2-9H,10H2,1H3,(H,17,20). The first-order valence-corrected chi connectivity index (χ1v) is 7.25. The Morgan fingerprint density at radius 1 is 1.00 bits per heavy atom. The van der Waals surface area contributed by atoms with Gasteiger partial charge in [0.1, 0.15) is 4.64 Å². The van der Waals surface area contributed by atoms with Crippen LogP contribution in [0.15, 0.2) is 48.5 Å². The highest BCUT2D eigenvalue weighted by Crippen LogP contribution is 2.19. The average molecular weight is 298 g/mol. The molecule has 1 aromatic heterocycles. The van der Waals surface area contributed by atoms with Crippen molar-refractivity contribution in [2.75, 3.05) is 0 Å². The second-order valence-corrected chi connectivity index (χ2v) is 5.58. The van der Waals surface area contributed by atoms with Crippen LogP contribution in [-0.4, -0.2) is 9.55 Å². The molecule has 1 N–H and O–H groups in total. The monoisotopic (exact) mass is 298 g/mol. The molecule has 4 heteroatoms. The van der Waals surface area contributed by atoms with Gasteiger partial charge in [0.2, 0.25) is 0 Å². The van der Waals surface area contributed by atoms with E-state index in [1.54, 1.807) is 0 Å². The summed E-state index contributed by atoms with van der Waals surface area (Å²) in [5.41, 5.74) is 3.36. The number of nitrogens with zero attached hydrogens (tertiary/aromatic N) is 1. The lowest BCUT2D eigenvalue weighted by Crippen LogP contribution is -2.06. The summed E-state index contributed by atoms with van der Waals surface area (Å²) >= 11 is 11.1. The summed E-state index contributed by atoms with van der Waals surface area (Å²) in [7, 11) is 0. The molecule has 0 aliphatic carbocycles. The second-order valence-electron chi connectivity index (χ2n) is 4.80. The molecule has 0 fully saturated rings. The maximum atomic E-state index is 5.64. The largest absolute Gasteiger partial charge is 0.332 e. The fourth-order valence-corrected chi connectivity index (χ4v) is 3.13. The molecule has 100 valence electrons. The molecule has 0 saturated carbocycles. The van der Waals surface area contributed by atoms with E-state index in [0.29, 0.717) is 11.3 Å². The molecule has 0 radical (unpaired) electrons. The number of hydrogen-bond acceptors (Lipinski definition) is 2. The summed E-state index contributed by atoms with van der Waals surface area (Å²) in [5.74, 6) is 0. The van der Waals surface area contributed by atoms with E-state index in [2.05, 4.69) is 30.1 Å². The van der Waals surface area contributed by atoms with Crippen LogP contribution in [0.2, 0.25) is 0 Å². The smallest absolute Gasteiger partial charge is 0.178 e. The van der Waals surface area contributed by atoms with Gasteiger partial charge in [0, 0.05) is 5.39 Å². The number of aryl methyl sites for hydroxylation is 1. The predicted molar refractivity (Wildman–Crippen MR) is 88.2 cm³/mol. The summed E-state index contributed by atoms with van der Waals surface area (Å²) in [6.07, 6.45) is 0. The average Bonchev–Trinajstić information content (AvgIpc) is 2.44. The molecular weight excluding hydrogens is 284 g/mol. The van der Waals surface area contributed by atoms with Gasteiger partial charge in [0.25, 0.3) is 0 Å². The van der Waals surface area contributed by atoms with E-state index in [0.717, 1.165) is 15.5 Å². The Morgan fingerprint density at radius 3 is 2.50 bits per heavy atom. The number of aromatic nitrogens is 2. The number of fused-ring (bicyclic) bond motifs is 1. The molecule has 0 aliphatic heterocycles. The predicted octanol–water partition coefficient (Wildman–Crippen LogP) is 4.79. The van der Waals surface area contributed by atoms with Crippen LogP contribution in [0.3, 0.4) is 0 Å². The van der Waals surface area contributed by atoms with Crippen LogP contribution in [0.5, 0.6) is 0 Å². The summed E-state index contributed by atoms with van der Waals surface area (Å²) in [5, 5.41) is 1.08. The van der Waals surface area contributed by atoms with E-state index in [4.69, 9.17) is 24.4 Å². The van der Waals surface area contributed by atoms with Gasteiger partial charge in [-0.05, 0) is 36.3 Å². The van der Waals surface area contributed by atoms with Gasteiger partial charge in [-0.1, -0.05) is 54.7 Å².